The first-order valence-electron chi connectivity index (χ1n) is 9.14. The fourth-order valence-corrected chi connectivity index (χ4v) is 3.63. The first-order chi connectivity index (χ1) is 13.5. The molecule has 1 fully saturated rings. The second-order valence-corrected chi connectivity index (χ2v) is 7.00. The van der Waals surface area contributed by atoms with Crippen LogP contribution in [0.2, 0.25) is 0 Å². The van der Waals surface area contributed by atoms with Gasteiger partial charge in [0, 0.05) is 37.1 Å². The third-order valence-electron chi connectivity index (χ3n) is 5.08. The SMILES string of the molecule is Cc1cnc(-c2ccccc2)n1CC1CCN(C(=O)c2ccc([N+](=O)[O-])o2)C1. The Balaban J connectivity index is 1.46. The molecule has 1 saturated heterocycles. The summed E-state index contributed by atoms with van der Waals surface area (Å²) in [4.78, 5) is 28.9. The molecule has 0 aliphatic carbocycles. The van der Waals surface area contributed by atoms with E-state index < -0.39 is 10.8 Å². The quantitative estimate of drug-likeness (QED) is 0.499. The number of carbonyl (C=O) groups excluding carboxylic acids is 1. The van der Waals surface area contributed by atoms with Crippen LogP contribution < -0.4 is 0 Å². The van der Waals surface area contributed by atoms with Crippen LogP contribution in [-0.2, 0) is 6.54 Å². The van der Waals surface area contributed by atoms with Crippen LogP contribution in [0.15, 0.2) is 53.1 Å². The molecular formula is C20H20N4O4. The summed E-state index contributed by atoms with van der Waals surface area (Å²) in [5.41, 5.74) is 2.13. The number of nitro groups is 1. The Bertz CT molecular complexity index is 1010. The number of aryl methyl sites for hydroxylation is 1. The van der Waals surface area contributed by atoms with Crippen LogP contribution >= 0.6 is 0 Å². The number of benzene rings is 1. The minimum atomic E-state index is -0.642. The van der Waals surface area contributed by atoms with E-state index in [9.17, 15) is 14.9 Å². The van der Waals surface area contributed by atoms with Crippen molar-refractivity contribution in [3.63, 3.8) is 0 Å². The molecular weight excluding hydrogens is 360 g/mol. The van der Waals surface area contributed by atoms with Crippen LogP contribution in [0.3, 0.4) is 0 Å². The number of aromatic nitrogens is 2. The summed E-state index contributed by atoms with van der Waals surface area (Å²) in [6, 6.07) is 12.6. The monoisotopic (exact) mass is 380 g/mol. The Morgan fingerprint density at radius 1 is 1.29 bits per heavy atom. The summed E-state index contributed by atoms with van der Waals surface area (Å²) >= 11 is 0. The molecule has 144 valence electrons. The van der Waals surface area contributed by atoms with Gasteiger partial charge in [-0.15, -0.1) is 0 Å². The van der Waals surface area contributed by atoms with Crippen molar-refractivity contribution >= 4 is 11.8 Å². The standard InChI is InChI=1S/C20H20N4O4/c1-14-11-21-19(16-5-3-2-4-6-16)23(14)13-15-9-10-22(12-15)20(25)17-7-8-18(28-17)24(26)27/h2-8,11,15H,9-10,12-13H2,1H3. The van der Waals surface area contributed by atoms with Crippen LogP contribution in [0.1, 0.15) is 22.7 Å². The van der Waals surface area contributed by atoms with Crippen molar-refractivity contribution in [3.05, 3.63) is 70.2 Å². The van der Waals surface area contributed by atoms with Gasteiger partial charge in [0.1, 0.15) is 10.7 Å². The molecule has 1 aromatic carbocycles. The first-order valence-corrected chi connectivity index (χ1v) is 9.14. The van der Waals surface area contributed by atoms with Crippen molar-refractivity contribution in [2.45, 2.75) is 19.9 Å². The smallest absolute Gasteiger partial charge is 0.395 e. The van der Waals surface area contributed by atoms with Gasteiger partial charge in [-0.25, -0.2) is 4.98 Å². The molecule has 1 atom stereocenters. The summed E-state index contributed by atoms with van der Waals surface area (Å²) in [7, 11) is 0. The lowest BCUT2D eigenvalue weighted by molar-refractivity contribution is -0.402. The Kier molecular flexibility index (Phi) is 4.68. The van der Waals surface area contributed by atoms with Gasteiger partial charge in [-0.3, -0.25) is 14.9 Å². The third kappa shape index (κ3) is 3.40. The number of nitrogens with zero attached hydrogens (tertiary/aromatic N) is 4. The molecule has 8 nitrogen and oxygen atoms in total. The average molecular weight is 380 g/mol. The normalized spacial score (nSPS) is 16.5. The highest BCUT2D eigenvalue weighted by molar-refractivity contribution is 5.92. The van der Waals surface area contributed by atoms with E-state index in [1.165, 1.54) is 12.1 Å². The van der Waals surface area contributed by atoms with Gasteiger partial charge in [0.15, 0.2) is 5.76 Å². The molecule has 0 saturated carbocycles. The summed E-state index contributed by atoms with van der Waals surface area (Å²) in [6.45, 7) is 3.98. The van der Waals surface area contributed by atoms with E-state index in [4.69, 9.17) is 4.42 Å². The number of hydrogen-bond acceptors (Lipinski definition) is 5. The van der Waals surface area contributed by atoms with Crippen molar-refractivity contribution in [1.82, 2.24) is 14.5 Å². The van der Waals surface area contributed by atoms with Gasteiger partial charge in [0.05, 0.1) is 6.07 Å². The highest BCUT2D eigenvalue weighted by atomic mass is 16.6. The molecule has 4 rings (SSSR count). The zero-order chi connectivity index (χ0) is 19.7. The van der Waals surface area contributed by atoms with Gasteiger partial charge in [-0.05, 0) is 25.3 Å². The number of carbonyl (C=O) groups is 1. The molecule has 1 unspecified atom stereocenters. The molecule has 1 aliphatic rings. The van der Waals surface area contributed by atoms with E-state index >= 15 is 0 Å². The maximum atomic E-state index is 12.6. The zero-order valence-corrected chi connectivity index (χ0v) is 15.4. The Hall–Kier alpha value is -3.42. The molecule has 1 aliphatic heterocycles. The largest absolute Gasteiger partial charge is 0.433 e. The van der Waals surface area contributed by atoms with Crippen molar-refractivity contribution in [2.24, 2.45) is 5.92 Å². The average Bonchev–Trinajstić information content (AvgIpc) is 3.43. The maximum Gasteiger partial charge on any atom is 0.433 e. The van der Waals surface area contributed by atoms with Crippen LogP contribution in [0.5, 0.6) is 0 Å². The molecule has 28 heavy (non-hydrogen) atoms. The van der Waals surface area contributed by atoms with Gasteiger partial charge in [0.25, 0.3) is 5.91 Å². The molecule has 1 amide bonds. The summed E-state index contributed by atoms with van der Waals surface area (Å²) in [5.74, 6) is 0.492. The number of imidazole rings is 1. The minimum Gasteiger partial charge on any atom is -0.395 e. The number of furan rings is 1. The third-order valence-corrected chi connectivity index (χ3v) is 5.08. The van der Waals surface area contributed by atoms with Gasteiger partial charge < -0.3 is 13.9 Å². The summed E-state index contributed by atoms with van der Waals surface area (Å²) in [5, 5.41) is 10.7. The van der Waals surface area contributed by atoms with Crippen molar-refractivity contribution in [1.29, 1.82) is 0 Å². The van der Waals surface area contributed by atoms with E-state index in [0.717, 1.165) is 30.0 Å². The first kappa shape index (κ1) is 18.0. The molecule has 0 spiro atoms. The number of likely N-dealkylation sites (tertiary alicyclic amines) is 1. The molecule has 0 radical (unpaired) electrons. The lowest BCUT2D eigenvalue weighted by atomic mass is 10.1. The fourth-order valence-electron chi connectivity index (χ4n) is 3.63. The fraction of sp³-hybridized carbons (Fsp3) is 0.300. The number of hydrogen-bond donors (Lipinski definition) is 0. The summed E-state index contributed by atoms with van der Waals surface area (Å²) in [6.07, 6.45) is 2.72. The highest BCUT2D eigenvalue weighted by Crippen LogP contribution is 2.26. The predicted octanol–water partition coefficient (Wildman–Crippen LogP) is 3.52. The number of rotatable bonds is 5. The molecule has 8 heteroatoms. The molecule has 3 heterocycles. The molecule has 3 aromatic rings. The van der Waals surface area contributed by atoms with E-state index in [1.807, 2.05) is 43.5 Å². The maximum absolute atomic E-state index is 12.6. The Labute approximate surface area is 161 Å². The van der Waals surface area contributed by atoms with Crippen LogP contribution in [0, 0.1) is 23.0 Å². The van der Waals surface area contributed by atoms with E-state index in [2.05, 4.69) is 9.55 Å². The Morgan fingerprint density at radius 3 is 2.79 bits per heavy atom. The van der Waals surface area contributed by atoms with Crippen LogP contribution in [0.25, 0.3) is 11.4 Å². The van der Waals surface area contributed by atoms with Gasteiger partial charge in [0.2, 0.25) is 0 Å². The van der Waals surface area contributed by atoms with Crippen molar-refractivity contribution in [2.75, 3.05) is 13.1 Å². The highest BCUT2D eigenvalue weighted by Gasteiger charge is 2.30. The van der Waals surface area contributed by atoms with Crippen LogP contribution in [-0.4, -0.2) is 38.4 Å². The topological polar surface area (TPSA) is 94.4 Å². The molecule has 2 aromatic heterocycles. The number of amides is 1. The second kappa shape index (κ2) is 7.30. The summed E-state index contributed by atoms with van der Waals surface area (Å²) < 4.78 is 7.24. The second-order valence-electron chi connectivity index (χ2n) is 7.00. The van der Waals surface area contributed by atoms with E-state index in [-0.39, 0.29) is 17.6 Å². The van der Waals surface area contributed by atoms with Crippen molar-refractivity contribution < 1.29 is 14.1 Å². The lowest BCUT2D eigenvalue weighted by Crippen LogP contribution is -2.29. The molecule has 0 bridgehead atoms. The van der Waals surface area contributed by atoms with Crippen LogP contribution in [0.4, 0.5) is 5.88 Å². The van der Waals surface area contributed by atoms with Gasteiger partial charge in [-0.2, -0.15) is 0 Å². The van der Waals surface area contributed by atoms with E-state index in [1.54, 1.807) is 4.90 Å². The van der Waals surface area contributed by atoms with Crippen molar-refractivity contribution in [3.8, 4) is 11.4 Å². The lowest BCUT2D eigenvalue weighted by Gasteiger charge is -2.17. The van der Waals surface area contributed by atoms with Gasteiger partial charge in [-0.1, -0.05) is 30.3 Å². The molecule has 0 N–H and O–H groups in total. The predicted molar refractivity (Wildman–Crippen MR) is 102 cm³/mol. The zero-order valence-electron chi connectivity index (χ0n) is 15.4. The minimum absolute atomic E-state index is 0.0103. The van der Waals surface area contributed by atoms with E-state index in [0.29, 0.717) is 13.1 Å². The Morgan fingerprint density at radius 2 is 2.07 bits per heavy atom. The van der Waals surface area contributed by atoms with Gasteiger partial charge >= 0.3 is 5.88 Å².